The van der Waals surface area contributed by atoms with E-state index >= 15 is 0 Å². The van der Waals surface area contributed by atoms with Crippen molar-refractivity contribution in [1.29, 1.82) is 0 Å². The number of halogens is 1. The topological polar surface area (TPSA) is 26.3 Å². The Labute approximate surface area is 89.1 Å². The van der Waals surface area contributed by atoms with Gasteiger partial charge >= 0.3 is 5.97 Å². The summed E-state index contributed by atoms with van der Waals surface area (Å²) in [7, 11) is 1.36. The number of carbonyl (C=O) groups excluding carboxylic acids is 1. The number of esters is 1. The van der Waals surface area contributed by atoms with Crippen molar-refractivity contribution in [3.8, 4) is 0 Å². The van der Waals surface area contributed by atoms with Gasteiger partial charge in [-0.15, -0.1) is 0 Å². The molecule has 0 aromatic heterocycles. The van der Waals surface area contributed by atoms with Gasteiger partial charge in [0.15, 0.2) is 0 Å². The van der Waals surface area contributed by atoms with Gasteiger partial charge in [0.05, 0.1) is 12.5 Å². The number of ether oxygens (including phenoxy) is 1. The normalized spacial score (nSPS) is 14.4. The van der Waals surface area contributed by atoms with Crippen LogP contribution in [-0.4, -0.2) is 13.1 Å². The van der Waals surface area contributed by atoms with Gasteiger partial charge in [0.1, 0.15) is 5.82 Å². The molecule has 0 spiro atoms. The largest absolute Gasteiger partial charge is 0.468 e. The summed E-state index contributed by atoms with van der Waals surface area (Å²) in [4.78, 5) is 11.6. The molecular weight excluding hydrogens is 195 g/mol. The summed E-state index contributed by atoms with van der Waals surface area (Å²) in [6.07, 6.45) is 0.616. The van der Waals surface area contributed by atoms with Crippen LogP contribution >= 0.6 is 0 Å². The van der Waals surface area contributed by atoms with Gasteiger partial charge in [-0.1, -0.05) is 19.1 Å². The van der Waals surface area contributed by atoms with E-state index in [4.69, 9.17) is 4.74 Å². The third-order valence-corrected chi connectivity index (χ3v) is 2.82. The molecule has 2 nitrogen and oxygen atoms in total. The van der Waals surface area contributed by atoms with Gasteiger partial charge in [-0.3, -0.25) is 4.79 Å². The van der Waals surface area contributed by atoms with E-state index in [0.717, 1.165) is 5.56 Å². The first-order valence-electron chi connectivity index (χ1n) is 4.89. The Morgan fingerprint density at radius 1 is 1.40 bits per heavy atom. The molecule has 0 aliphatic heterocycles. The molecule has 0 fully saturated rings. The first-order chi connectivity index (χ1) is 7.04. The third kappa shape index (κ3) is 2.17. The number of benzene rings is 1. The van der Waals surface area contributed by atoms with Gasteiger partial charge in [0.25, 0.3) is 0 Å². The van der Waals surface area contributed by atoms with Crippen LogP contribution in [0.2, 0.25) is 0 Å². The van der Waals surface area contributed by atoms with Crippen molar-refractivity contribution < 1.29 is 13.9 Å². The fraction of sp³-hybridized carbons (Fsp3) is 0.417. The third-order valence-electron chi connectivity index (χ3n) is 2.82. The molecule has 0 saturated heterocycles. The van der Waals surface area contributed by atoms with Crippen molar-refractivity contribution in [2.24, 2.45) is 0 Å². The predicted octanol–water partition coefficient (Wildman–Crippen LogP) is 2.67. The van der Waals surface area contributed by atoms with Gasteiger partial charge in [-0.2, -0.15) is 0 Å². The van der Waals surface area contributed by atoms with E-state index in [1.807, 2.05) is 6.92 Å². The Balaban J connectivity index is 3.11. The van der Waals surface area contributed by atoms with Crippen molar-refractivity contribution in [2.45, 2.75) is 25.7 Å². The van der Waals surface area contributed by atoms with E-state index in [2.05, 4.69) is 0 Å². The van der Waals surface area contributed by atoms with Gasteiger partial charge in [0.2, 0.25) is 0 Å². The number of carbonyl (C=O) groups is 1. The first-order valence-corrected chi connectivity index (χ1v) is 4.89. The molecule has 1 atom stereocenters. The zero-order valence-corrected chi connectivity index (χ0v) is 9.21. The fourth-order valence-electron chi connectivity index (χ4n) is 1.51. The quantitative estimate of drug-likeness (QED) is 0.717. The van der Waals surface area contributed by atoms with Crippen LogP contribution < -0.4 is 0 Å². The highest BCUT2D eigenvalue weighted by molar-refractivity contribution is 5.82. The second kappa shape index (κ2) is 4.43. The van der Waals surface area contributed by atoms with Gasteiger partial charge in [-0.25, -0.2) is 4.39 Å². The van der Waals surface area contributed by atoms with Crippen LogP contribution in [0.4, 0.5) is 4.39 Å². The van der Waals surface area contributed by atoms with Crippen LogP contribution in [0.1, 0.15) is 25.8 Å². The van der Waals surface area contributed by atoms with Gasteiger partial charge < -0.3 is 4.74 Å². The summed E-state index contributed by atoms with van der Waals surface area (Å²) in [5.74, 6) is -0.598. The molecule has 0 N–H and O–H groups in total. The molecule has 0 heterocycles. The predicted molar refractivity (Wildman–Crippen MR) is 56.1 cm³/mol. The summed E-state index contributed by atoms with van der Waals surface area (Å²) in [6, 6.07) is 5.95. The SMILES string of the molecule is CCC(C)(C(=O)OC)c1ccc(F)cc1. The van der Waals surface area contributed by atoms with Crippen molar-refractivity contribution in [2.75, 3.05) is 7.11 Å². The standard InChI is InChI=1S/C12H15FO2/c1-4-12(2,11(14)15-3)9-5-7-10(13)8-6-9/h5-8H,4H2,1-3H3. The lowest BCUT2D eigenvalue weighted by Gasteiger charge is -2.25. The molecule has 0 aliphatic rings. The molecular formula is C12H15FO2. The van der Waals surface area contributed by atoms with Crippen LogP contribution in [0.15, 0.2) is 24.3 Å². The van der Waals surface area contributed by atoms with Crippen molar-refractivity contribution >= 4 is 5.97 Å². The zero-order chi connectivity index (χ0) is 11.5. The highest BCUT2D eigenvalue weighted by Crippen LogP contribution is 2.28. The minimum atomic E-state index is -0.692. The van der Waals surface area contributed by atoms with Crippen LogP contribution in [-0.2, 0) is 14.9 Å². The fourth-order valence-corrected chi connectivity index (χ4v) is 1.51. The van der Waals surface area contributed by atoms with Gasteiger partial charge in [-0.05, 0) is 31.0 Å². The molecule has 82 valence electrons. The molecule has 0 bridgehead atoms. The number of hydrogen-bond acceptors (Lipinski definition) is 2. The maximum atomic E-state index is 12.7. The molecule has 1 unspecified atom stereocenters. The molecule has 0 radical (unpaired) electrons. The average Bonchev–Trinajstić information content (AvgIpc) is 2.27. The van der Waals surface area contributed by atoms with Gasteiger partial charge in [0, 0.05) is 0 Å². The zero-order valence-electron chi connectivity index (χ0n) is 9.21. The van der Waals surface area contributed by atoms with E-state index in [1.54, 1.807) is 19.1 Å². The molecule has 0 aliphatic carbocycles. The van der Waals surface area contributed by atoms with E-state index in [-0.39, 0.29) is 11.8 Å². The monoisotopic (exact) mass is 210 g/mol. The maximum absolute atomic E-state index is 12.7. The average molecular weight is 210 g/mol. The Morgan fingerprint density at radius 2 is 1.93 bits per heavy atom. The highest BCUT2D eigenvalue weighted by Gasteiger charge is 2.34. The molecule has 1 rings (SSSR count). The molecule has 1 aromatic carbocycles. The van der Waals surface area contributed by atoms with Crippen LogP contribution in [0.25, 0.3) is 0 Å². The summed E-state index contributed by atoms with van der Waals surface area (Å²) in [5.41, 5.74) is 0.0841. The summed E-state index contributed by atoms with van der Waals surface area (Å²) in [5, 5.41) is 0. The van der Waals surface area contributed by atoms with Crippen LogP contribution in [0.5, 0.6) is 0 Å². The molecule has 0 saturated carbocycles. The Hall–Kier alpha value is -1.38. The van der Waals surface area contributed by atoms with E-state index in [0.29, 0.717) is 6.42 Å². The number of hydrogen-bond donors (Lipinski definition) is 0. The lowest BCUT2D eigenvalue weighted by Crippen LogP contribution is -2.32. The number of rotatable bonds is 3. The van der Waals surface area contributed by atoms with E-state index in [9.17, 15) is 9.18 Å². The van der Waals surface area contributed by atoms with Crippen LogP contribution in [0, 0.1) is 5.82 Å². The minimum Gasteiger partial charge on any atom is -0.468 e. The summed E-state index contributed by atoms with van der Waals surface area (Å²) >= 11 is 0. The minimum absolute atomic E-state index is 0.295. The summed E-state index contributed by atoms with van der Waals surface area (Å²) < 4.78 is 17.5. The Bertz CT molecular complexity index is 345. The second-order valence-corrected chi connectivity index (χ2v) is 3.68. The maximum Gasteiger partial charge on any atom is 0.315 e. The molecule has 1 aromatic rings. The lowest BCUT2D eigenvalue weighted by molar-refractivity contribution is -0.147. The van der Waals surface area contributed by atoms with Crippen molar-refractivity contribution in [1.82, 2.24) is 0 Å². The Morgan fingerprint density at radius 3 is 2.33 bits per heavy atom. The van der Waals surface area contributed by atoms with E-state index in [1.165, 1.54) is 19.2 Å². The Kier molecular flexibility index (Phi) is 3.45. The van der Waals surface area contributed by atoms with Crippen molar-refractivity contribution in [3.63, 3.8) is 0 Å². The summed E-state index contributed by atoms with van der Waals surface area (Å²) in [6.45, 7) is 3.70. The first kappa shape index (κ1) is 11.7. The van der Waals surface area contributed by atoms with Crippen molar-refractivity contribution in [3.05, 3.63) is 35.6 Å². The molecule has 15 heavy (non-hydrogen) atoms. The number of methoxy groups -OCH3 is 1. The molecule has 0 amide bonds. The van der Waals surface area contributed by atoms with Crippen LogP contribution in [0.3, 0.4) is 0 Å². The highest BCUT2D eigenvalue weighted by atomic mass is 19.1. The van der Waals surface area contributed by atoms with E-state index < -0.39 is 5.41 Å². The second-order valence-electron chi connectivity index (χ2n) is 3.68. The lowest BCUT2D eigenvalue weighted by atomic mass is 9.80. The molecule has 3 heteroatoms. The smallest absolute Gasteiger partial charge is 0.315 e.